The highest BCUT2D eigenvalue weighted by Crippen LogP contribution is 2.33. The molecular weight excluding hydrogens is 312 g/mol. The molecule has 0 spiro atoms. The largest absolute Gasteiger partial charge is 0.471 e. The molecule has 0 saturated heterocycles. The molecule has 0 bridgehead atoms. The van der Waals surface area contributed by atoms with Gasteiger partial charge in [-0.15, -0.1) is 0 Å². The van der Waals surface area contributed by atoms with Gasteiger partial charge < -0.3 is 5.32 Å². The predicted molar refractivity (Wildman–Crippen MR) is 59.2 cm³/mol. The molecule has 1 amide bonds. The molecule has 0 aliphatic rings. The van der Waals surface area contributed by atoms with Gasteiger partial charge in [0.2, 0.25) is 0 Å². The van der Waals surface area contributed by atoms with Crippen molar-refractivity contribution in [2.75, 3.05) is 6.54 Å². The van der Waals surface area contributed by atoms with E-state index < -0.39 is 36.8 Å². The summed E-state index contributed by atoms with van der Waals surface area (Å²) in [5.41, 5.74) is -1.28. The minimum absolute atomic E-state index is 0.0233. The zero-order chi connectivity index (χ0) is 15.6. The van der Waals surface area contributed by atoms with Crippen LogP contribution in [0.5, 0.6) is 0 Å². The quantitative estimate of drug-likeness (QED) is 0.848. The summed E-state index contributed by atoms with van der Waals surface area (Å²) in [6, 6.07) is 2.77. The van der Waals surface area contributed by atoms with Gasteiger partial charge in [0.1, 0.15) is 0 Å². The first kappa shape index (κ1) is 16.6. The lowest BCUT2D eigenvalue weighted by atomic mass is 10.0. The van der Waals surface area contributed by atoms with Crippen molar-refractivity contribution in [1.82, 2.24) is 5.32 Å². The van der Waals surface area contributed by atoms with E-state index in [-0.39, 0.29) is 10.6 Å². The summed E-state index contributed by atoms with van der Waals surface area (Å²) in [6.07, 6.45) is -10.1. The van der Waals surface area contributed by atoms with E-state index in [4.69, 9.17) is 11.6 Å². The third kappa shape index (κ3) is 4.59. The zero-order valence-corrected chi connectivity index (χ0v) is 10.5. The Morgan fingerprint density at radius 3 is 2.25 bits per heavy atom. The van der Waals surface area contributed by atoms with Gasteiger partial charge in [0, 0.05) is 11.6 Å². The number of hydrogen-bond acceptors (Lipinski definition) is 1. The molecule has 0 fully saturated rings. The minimum Gasteiger partial charge on any atom is -0.348 e. The molecule has 0 radical (unpaired) electrons. The van der Waals surface area contributed by atoms with Gasteiger partial charge in [-0.25, -0.2) is 0 Å². The molecular formula is C11H8ClF6NO. The number of hydrogen-bond donors (Lipinski definition) is 1. The minimum atomic E-state index is -5.07. The highest BCUT2D eigenvalue weighted by atomic mass is 35.5. The van der Waals surface area contributed by atoms with Crippen molar-refractivity contribution >= 4 is 17.5 Å². The first-order chi connectivity index (χ1) is 9.01. The first-order valence-corrected chi connectivity index (χ1v) is 5.60. The normalized spacial score (nSPS) is 12.3. The molecule has 1 aromatic rings. The van der Waals surface area contributed by atoms with Crippen LogP contribution >= 0.6 is 11.6 Å². The van der Waals surface area contributed by atoms with Crippen LogP contribution in [-0.4, -0.2) is 18.6 Å². The van der Waals surface area contributed by atoms with Crippen LogP contribution < -0.4 is 5.32 Å². The van der Waals surface area contributed by atoms with Crippen molar-refractivity contribution in [2.24, 2.45) is 0 Å². The third-order valence-electron chi connectivity index (χ3n) is 2.31. The van der Waals surface area contributed by atoms with Gasteiger partial charge >= 0.3 is 18.3 Å². The van der Waals surface area contributed by atoms with Crippen molar-refractivity contribution in [3.63, 3.8) is 0 Å². The molecule has 0 aliphatic heterocycles. The van der Waals surface area contributed by atoms with E-state index in [0.717, 1.165) is 18.2 Å². The van der Waals surface area contributed by atoms with E-state index in [9.17, 15) is 31.1 Å². The number of benzene rings is 1. The molecule has 9 heteroatoms. The van der Waals surface area contributed by atoms with Crippen LogP contribution in [0, 0.1) is 0 Å². The fraction of sp³-hybridized carbons (Fsp3) is 0.364. The number of halogens is 7. The number of amides is 1. The van der Waals surface area contributed by atoms with Crippen molar-refractivity contribution < 1.29 is 31.1 Å². The predicted octanol–water partition coefficient (Wildman–Crippen LogP) is 3.58. The molecule has 20 heavy (non-hydrogen) atoms. The Morgan fingerprint density at radius 1 is 1.15 bits per heavy atom. The van der Waals surface area contributed by atoms with Crippen LogP contribution in [0.4, 0.5) is 26.3 Å². The molecule has 1 rings (SSSR count). The second-order valence-electron chi connectivity index (χ2n) is 3.80. The lowest BCUT2D eigenvalue weighted by Crippen LogP contribution is -2.37. The van der Waals surface area contributed by atoms with Crippen LogP contribution in [0.25, 0.3) is 0 Å². The zero-order valence-electron chi connectivity index (χ0n) is 9.70. The molecule has 0 heterocycles. The summed E-state index contributed by atoms with van der Waals surface area (Å²) in [6.45, 7) is -0.582. The molecule has 0 aliphatic carbocycles. The van der Waals surface area contributed by atoms with E-state index >= 15 is 0 Å². The summed E-state index contributed by atoms with van der Waals surface area (Å²) in [5, 5.41) is 1.52. The smallest absolute Gasteiger partial charge is 0.348 e. The Kier molecular flexibility index (Phi) is 4.90. The number of alkyl halides is 6. The van der Waals surface area contributed by atoms with Gasteiger partial charge in [0.05, 0.1) is 5.56 Å². The van der Waals surface area contributed by atoms with Crippen LogP contribution in [0.2, 0.25) is 5.02 Å². The summed E-state index contributed by atoms with van der Waals surface area (Å²) in [4.78, 5) is 10.5. The van der Waals surface area contributed by atoms with Gasteiger partial charge in [-0.2, -0.15) is 26.3 Å². The monoisotopic (exact) mass is 319 g/mol. The highest BCUT2D eigenvalue weighted by Gasteiger charge is 2.38. The van der Waals surface area contributed by atoms with Crippen LogP contribution in [0.15, 0.2) is 18.2 Å². The van der Waals surface area contributed by atoms with Crippen LogP contribution in [0.1, 0.15) is 11.1 Å². The van der Waals surface area contributed by atoms with E-state index in [1.54, 1.807) is 0 Å². The van der Waals surface area contributed by atoms with Gasteiger partial charge in [-0.3, -0.25) is 4.79 Å². The van der Waals surface area contributed by atoms with E-state index in [2.05, 4.69) is 0 Å². The average Bonchev–Trinajstić information content (AvgIpc) is 2.25. The van der Waals surface area contributed by atoms with Gasteiger partial charge in [0.25, 0.3) is 0 Å². The summed E-state index contributed by atoms with van der Waals surface area (Å²) in [5.74, 6) is -2.20. The van der Waals surface area contributed by atoms with E-state index in [0.29, 0.717) is 0 Å². The van der Waals surface area contributed by atoms with Gasteiger partial charge in [-0.1, -0.05) is 11.6 Å². The van der Waals surface area contributed by atoms with Crippen LogP contribution in [0.3, 0.4) is 0 Å². The summed E-state index contributed by atoms with van der Waals surface area (Å²) < 4.78 is 73.6. The molecule has 0 atom stereocenters. The first-order valence-electron chi connectivity index (χ1n) is 5.22. The maximum Gasteiger partial charge on any atom is 0.471 e. The fourth-order valence-corrected chi connectivity index (χ4v) is 1.65. The number of rotatable bonds is 3. The van der Waals surface area contributed by atoms with E-state index in [1.165, 1.54) is 5.32 Å². The molecule has 0 aromatic heterocycles. The third-order valence-corrected chi connectivity index (χ3v) is 2.55. The standard InChI is InChI=1S/C11H8ClF6NO/c12-7-1-2-8(10(13,14)15)6(5-7)3-4-19-9(20)11(16,17)18/h1-2,5H,3-4H2,(H,19,20). The maximum absolute atomic E-state index is 12.6. The van der Waals surface area contributed by atoms with Crippen molar-refractivity contribution in [1.29, 1.82) is 0 Å². The number of nitrogens with one attached hydrogen (secondary N) is 1. The fourth-order valence-electron chi connectivity index (χ4n) is 1.46. The average molecular weight is 320 g/mol. The topological polar surface area (TPSA) is 29.1 Å². The Hall–Kier alpha value is -1.44. The molecule has 0 saturated carbocycles. The van der Waals surface area contributed by atoms with Crippen molar-refractivity contribution in [3.05, 3.63) is 34.3 Å². The van der Waals surface area contributed by atoms with Gasteiger partial charge in [-0.05, 0) is 30.2 Å². The van der Waals surface area contributed by atoms with Gasteiger partial charge in [0.15, 0.2) is 0 Å². The molecule has 1 N–H and O–H groups in total. The Labute approximate surface area is 114 Å². The Bertz CT molecular complexity index is 497. The SMILES string of the molecule is O=C(NCCc1cc(Cl)ccc1C(F)(F)F)C(F)(F)F. The van der Waals surface area contributed by atoms with Crippen LogP contribution in [-0.2, 0) is 17.4 Å². The lowest BCUT2D eigenvalue weighted by Gasteiger charge is -2.14. The Morgan fingerprint density at radius 2 is 1.75 bits per heavy atom. The maximum atomic E-state index is 12.6. The number of carbonyl (C=O) groups is 1. The second kappa shape index (κ2) is 5.90. The second-order valence-corrected chi connectivity index (χ2v) is 4.24. The number of carbonyl (C=O) groups excluding carboxylic acids is 1. The van der Waals surface area contributed by atoms with E-state index in [1.807, 2.05) is 0 Å². The molecule has 2 nitrogen and oxygen atoms in total. The Balaban J connectivity index is 2.78. The summed E-state index contributed by atoms with van der Waals surface area (Å²) >= 11 is 5.55. The highest BCUT2D eigenvalue weighted by molar-refractivity contribution is 6.30. The van der Waals surface area contributed by atoms with Crippen molar-refractivity contribution in [2.45, 2.75) is 18.8 Å². The molecule has 112 valence electrons. The summed E-state index contributed by atoms with van der Waals surface area (Å²) in [7, 11) is 0. The molecule has 1 aromatic carbocycles. The lowest BCUT2D eigenvalue weighted by molar-refractivity contribution is -0.173. The van der Waals surface area contributed by atoms with Crippen molar-refractivity contribution in [3.8, 4) is 0 Å². The molecule has 0 unspecified atom stereocenters.